The number of ether oxygens (including phenoxy) is 1. The van der Waals surface area contributed by atoms with Crippen molar-refractivity contribution < 1.29 is 13.9 Å². The second-order valence-corrected chi connectivity index (χ2v) is 6.77. The number of hydrogen-bond donors (Lipinski definition) is 1. The number of nitrogens with zero attached hydrogens (tertiary/aromatic N) is 3. The first-order chi connectivity index (χ1) is 13.6. The van der Waals surface area contributed by atoms with Crippen molar-refractivity contribution in [1.29, 1.82) is 0 Å². The van der Waals surface area contributed by atoms with Crippen LogP contribution in [0.15, 0.2) is 71.5 Å². The average Bonchev–Trinajstić information content (AvgIpc) is 3.19. The molecule has 0 fully saturated rings. The van der Waals surface area contributed by atoms with Crippen LogP contribution in [0.4, 0.5) is 10.1 Å². The zero-order chi connectivity index (χ0) is 19.5. The molecule has 0 spiro atoms. The number of carbonyl (C=O) groups excluding carboxylic acids is 1. The predicted octanol–water partition coefficient (Wildman–Crippen LogP) is 4.62. The minimum atomic E-state index is -0.352. The van der Waals surface area contributed by atoms with Gasteiger partial charge < -0.3 is 10.1 Å². The second-order valence-electron chi connectivity index (χ2n) is 5.92. The van der Waals surface area contributed by atoms with Crippen LogP contribution in [0.3, 0.4) is 0 Å². The monoisotopic (exact) mass is 440 g/mol. The molecule has 140 valence electrons. The maximum absolute atomic E-state index is 12.9. The summed E-state index contributed by atoms with van der Waals surface area (Å²) in [5.74, 6) is -0.175. The average molecular weight is 441 g/mol. The number of anilines is 1. The smallest absolute Gasteiger partial charge is 0.276 e. The van der Waals surface area contributed by atoms with Crippen LogP contribution >= 0.6 is 15.9 Å². The van der Waals surface area contributed by atoms with Gasteiger partial charge in [0.2, 0.25) is 0 Å². The number of carbonyl (C=O) groups is 1. The van der Waals surface area contributed by atoms with Crippen LogP contribution in [0, 0.1) is 5.82 Å². The summed E-state index contributed by atoms with van der Waals surface area (Å²) >= 11 is 3.48. The number of fused-ring (bicyclic) bond motifs is 1. The fraction of sp³-hybridized carbons (Fsp3) is 0.0500. The van der Waals surface area contributed by atoms with Gasteiger partial charge in [-0.2, -0.15) is 5.10 Å². The molecule has 8 heteroatoms. The molecule has 4 rings (SSSR count). The van der Waals surface area contributed by atoms with Crippen LogP contribution in [0.2, 0.25) is 0 Å². The Balaban J connectivity index is 1.46. The summed E-state index contributed by atoms with van der Waals surface area (Å²) in [6.45, 7) is 0.0989. The van der Waals surface area contributed by atoms with E-state index in [9.17, 15) is 9.18 Å². The fourth-order valence-corrected chi connectivity index (χ4v) is 3.10. The molecule has 1 N–H and O–H groups in total. The van der Waals surface area contributed by atoms with Crippen molar-refractivity contribution in [3.8, 4) is 5.75 Å². The highest BCUT2D eigenvalue weighted by molar-refractivity contribution is 9.10. The summed E-state index contributed by atoms with van der Waals surface area (Å²) < 4.78 is 20.8. The standard InChI is InChI=1S/C20H14BrFN4O2/c21-16-7-8-17(19-15(16)2-1-10-23-19)24-20(27)18-9-11-26(25-18)12-28-14-5-3-13(22)4-6-14/h1-11H,12H2,(H,24,27). The Labute approximate surface area is 168 Å². The van der Waals surface area contributed by atoms with E-state index in [1.165, 1.54) is 28.9 Å². The molecule has 0 aliphatic carbocycles. The van der Waals surface area contributed by atoms with Crippen molar-refractivity contribution in [1.82, 2.24) is 14.8 Å². The van der Waals surface area contributed by atoms with Gasteiger partial charge in [-0.15, -0.1) is 0 Å². The van der Waals surface area contributed by atoms with Crippen molar-refractivity contribution in [3.63, 3.8) is 0 Å². The summed E-state index contributed by atoms with van der Waals surface area (Å²) in [4.78, 5) is 16.9. The lowest BCUT2D eigenvalue weighted by atomic mass is 10.2. The number of aromatic nitrogens is 3. The first-order valence-electron chi connectivity index (χ1n) is 8.36. The third-order valence-electron chi connectivity index (χ3n) is 4.02. The summed E-state index contributed by atoms with van der Waals surface area (Å²) in [6.07, 6.45) is 3.31. The Hall–Kier alpha value is -3.26. The summed E-state index contributed by atoms with van der Waals surface area (Å²) in [7, 11) is 0. The van der Waals surface area contributed by atoms with Crippen LogP contribution in [0.5, 0.6) is 5.75 Å². The molecule has 0 aliphatic heterocycles. The molecule has 0 atom stereocenters. The topological polar surface area (TPSA) is 69.0 Å². The number of halogens is 2. The van der Waals surface area contributed by atoms with E-state index < -0.39 is 0 Å². The van der Waals surface area contributed by atoms with Crippen molar-refractivity contribution in [3.05, 3.63) is 83.0 Å². The number of rotatable bonds is 5. The quantitative estimate of drug-likeness (QED) is 0.491. The Morgan fingerprint density at radius 1 is 1.14 bits per heavy atom. The van der Waals surface area contributed by atoms with E-state index in [-0.39, 0.29) is 24.1 Å². The minimum absolute atomic E-state index is 0.0989. The van der Waals surface area contributed by atoms with Crippen LogP contribution in [0.1, 0.15) is 10.5 Å². The zero-order valence-corrected chi connectivity index (χ0v) is 16.1. The first-order valence-corrected chi connectivity index (χ1v) is 9.16. The largest absolute Gasteiger partial charge is 0.471 e. The Kier molecular flexibility index (Phi) is 5.03. The lowest BCUT2D eigenvalue weighted by Gasteiger charge is -2.08. The molecule has 1 amide bonds. The maximum Gasteiger partial charge on any atom is 0.276 e. The lowest BCUT2D eigenvalue weighted by Crippen LogP contribution is -2.14. The number of nitrogens with one attached hydrogen (secondary N) is 1. The summed E-state index contributed by atoms with van der Waals surface area (Å²) in [5, 5.41) is 7.96. The molecule has 0 radical (unpaired) electrons. The molecule has 6 nitrogen and oxygen atoms in total. The number of benzene rings is 2. The van der Waals surface area contributed by atoms with E-state index in [1.807, 2.05) is 18.2 Å². The molecule has 2 aromatic carbocycles. The van der Waals surface area contributed by atoms with Gasteiger partial charge in [0.15, 0.2) is 12.4 Å². The van der Waals surface area contributed by atoms with Crippen molar-refractivity contribution >= 4 is 38.4 Å². The molecule has 0 bridgehead atoms. The van der Waals surface area contributed by atoms with Crippen molar-refractivity contribution in [2.24, 2.45) is 0 Å². The lowest BCUT2D eigenvalue weighted by molar-refractivity contribution is 0.102. The van der Waals surface area contributed by atoms with Gasteiger partial charge in [0.25, 0.3) is 5.91 Å². The molecule has 2 heterocycles. The van der Waals surface area contributed by atoms with E-state index in [4.69, 9.17) is 4.74 Å². The van der Waals surface area contributed by atoms with E-state index in [1.54, 1.807) is 24.5 Å². The number of amides is 1. The van der Waals surface area contributed by atoms with Crippen LogP contribution < -0.4 is 10.1 Å². The Morgan fingerprint density at radius 3 is 2.79 bits per heavy atom. The van der Waals surface area contributed by atoms with E-state index in [2.05, 4.69) is 31.3 Å². The molecule has 0 aliphatic rings. The van der Waals surface area contributed by atoms with Crippen molar-refractivity contribution in [2.75, 3.05) is 5.32 Å². The van der Waals surface area contributed by atoms with E-state index >= 15 is 0 Å². The Bertz CT molecular complexity index is 1140. The third kappa shape index (κ3) is 3.86. The zero-order valence-electron chi connectivity index (χ0n) is 14.5. The van der Waals surface area contributed by atoms with Gasteiger partial charge in [-0.3, -0.25) is 9.78 Å². The molecular weight excluding hydrogens is 427 g/mol. The summed E-state index contributed by atoms with van der Waals surface area (Å²) in [6, 6.07) is 14.7. The highest BCUT2D eigenvalue weighted by atomic mass is 79.9. The molecule has 0 saturated heterocycles. The maximum atomic E-state index is 12.9. The minimum Gasteiger partial charge on any atom is -0.471 e. The highest BCUT2D eigenvalue weighted by Gasteiger charge is 2.13. The van der Waals surface area contributed by atoms with Crippen LogP contribution in [-0.2, 0) is 6.73 Å². The highest BCUT2D eigenvalue weighted by Crippen LogP contribution is 2.28. The van der Waals surface area contributed by atoms with Gasteiger partial charge in [-0.05, 0) is 48.5 Å². The predicted molar refractivity (Wildman–Crippen MR) is 107 cm³/mol. The molecule has 0 saturated carbocycles. The normalized spacial score (nSPS) is 10.8. The van der Waals surface area contributed by atoms with Crippen LogP contribution in [-0.4, -0.2) is 20.7 Å². The van der Waals surface area contributed by atoms with Crippen molar-refractivity contribution in [2.45, 2.75) is 6.73 Å². The van der Waals surface area contributed by atoms with E-state index in [0.29, 0.717) is 17.0 Å². The Morgan fingerprint density at radius 2 is 1.96 bits per heavy atom. The number of pyridine rings is 1. The SMILES string of the molecule is O=C(Nc1ccc(Br)c2cccnc12)c1ccn(COc2ccc(F)cc2)n1. The fourth-order valence-electron chi connectivity index (χ4n) is 2.65. The van der Waals surface area contributed by atoms with Gasteiger partial charge in [-0.25, -0.2) is 9.07 Å². The van der Waals surface area contributed by atoms with Gasteiger partial charge >= 0.3 is 0 Å². The van der Waals surface area contributed by atoms with Crippen LogP contribution in [0.25, 0.3) is 10.9 Å². The molecule has 28 heavy (non-hydrogen) atoms. The summed E-state index contributed by atoms with van der Waals surface area (Å²) in [5.41, 5.74) is 1.53. The number of hydrogen-bond acceptors (Lipinski definition) is 4. The van der Waals surface area contributed by atoms with Gasteiger partial charge in [0.1, 0.15) is 11.6 Å². The van der Waals surface area contributed by atoms with Gasteiger partial charge in [0, 0.05) is 22.3 Å². The first kappa shape index (κ1) is 18.1. The van der Waals surface area contributed by atoms with Gasteiger partial charge in [0.05, 0.1) is 11.2 Å². The molecular formula is C20H14BrFN4O2. The van der Waals surface area contributed by atoms with E-state index in [0.717, 1.165) is 9.86 Å². The second kappa shape index (κ2) is 7.77. The van der Waals surface area contributed by atoms with Gasteiger partial charge in [-0.1, -0.05) is 22.0 Å². The molecule has 0 unspecified atom stereocenters. The molecule has 2 aromatic heterocycles. The third-order valence-corrected chi connectivity index (χ3v) is 4.71. The molecule has 4 aromatic rings.